The van der Waals surface area contributed by atoms with Gasteiger partial charge >= 0.3 is 6.18 Å². The molecule has 3 aromatic rings. The van der Waals surface area contributed by atoms with Crippen LogP contribution in [0.3, 0.4) is 0 Å². The van der Waals surface area contributed by atoms with E-state index in [1.165, 1.54) is 37.3 Å². The molecule has 3 rings (SSSR count). The van der Waals surface area contributed by atoms with Crippen LogP contribution >= 0.6 is 11.6 Å². The van der Waals surface area contributed by atoms with E-state index in [1.54, 1.807) is 24.3 Å². The second-order valence-corrected chi connectivity index (χ2v) is 10.3. The van der Waals surface area contributed by atoms with Gasteiger partial charge in [0.25, 0.3) is 5.91 Å². The molecule has 3 N–H and O–H groups in total. The van der Waals surface area contributed by atoms with E-state index in [9.17, 15) is 26.4 Å². The summed E-state index contributed by atoms with van der Waals surface area (Å²) in [4.78, 5) is 12.7. The van der Waals surface area contributed by atoms with E-state index in [4.69, 9.17) is 17.3 Å². The average molecular weight is 511 g/mol. The van der Waals surface area contributed by atoms with E-state index in [1.807, 2.05) is 0 Å². The lowest BCUT2D eigenvalue weighted by Gasteiger charge is -2.16. The standard InChI is InChI=1S/C24H22ClF3N2O3S/c1-2-34(32,33)22-9-8-19(25)12-18(22)14-30-23(31)17-7-6-16(21(13-17)24(26,27)28)10-15-4-3-5-20(29)11-15/h3-9,11-13H,2,10,14,29H2,1H3,(H,30,31). The highest BCUT2D eigenvalue weighted by molar-refractivity contribution is 7.91. The lowest BCUT2D eigenvalue weighted by Crippen LogP contribution is -2.25. The minimum atomic E-state index is -4.68. The van der Waals surface area contributed by atoms with Crippen LogP contribution in [0.2, 0.25) is 5.02 Å². The summed E-state index contributed by atoms with van der Waals surface area (Å²) >= 11 is 5.97. The van der Waals surface area contributed by atoms with Gasteiger partial charge in [-0.05, 0) is 65.6 Å². The molecule has 3 aromatic carbocycles. The maximum absolute atomic E-state index is 13.8. The molecule has 5 nitrogen and oxygen atoms in total. The number of anilines is 1. The highest BCUT2D eigenvalue weighted by Crippen LogP contribution is 2.34. The molecule has 0 atom stereocenters. The first kappa shape index (κ1) is 25.6. The van der Waals surface area contributed by atoms with Gasteiger partial charge in [-0.15, -0.1) is 0 Å². The van der Waals surface area contributed by atoms with Crippen LogP contribution in [-0.2, 0) is 29.0 Å². The molecule has 180 valence electrons. The molecule has 0 aromatic heterocycles. The predicted molar refractivity (Wildman–Crippen MR) is 125 cm³/mol. The van der Waals surface area contributed by atoms with E-state index in [2.05, 4.69) is 5.32 Å². The Labute approximate surface area is 200 Å². The van der Waals surface area contributed by atoms with Crippen molar-refractivity contribution >= 4 is 33.0 Å². The Hall–Kier alpha value is -3.04. The maximum Gasteiger partial charge on any atom is 0.416 e. The Balaban J connectivity index is 1.87. The number of alkyl halides is 3. The molecule has 0 aliphatic carbocycles. The Kier molecular flexibility index (Phi) is 7.57. The van der Waals surface area contributed by atoms with Crippen LogP contribution in [-0.4, -0.2) is 20.1 Å². The number of amides is 1. The summed E-state index contributed by atoms with van der Waals surface area (Å²) in [7, 11) is -3.59. The molecule has 10 heteroatoms. The monoisotopic (exact) mass is 510 g/mol. The summed E-state index contributed by atoms with van der Waals surface area (Å²) in [5, 5.41) is 2.76. The number of halogens is 4. The smallest absolute Gasteiger partial charge is 0.399 e. The number of benzene rings is 3. The third-order valence-corrected chi connectivity index (χ3v) is 7.26. The zero-order valence-corrected chi connectivity index (χ0v) is 19.7. The normalized spacial score (nSPS) is 11.9. The molecule has 1 amide bonds. The van der Waals surface area contributed by atoms with Crippen LogP contribution < -0.4 is 11.1 Å². The average Bonchev–Trinajstić information content (AvgIpc) is 2.77. The summed E-state index contributed by atoms with van der Waals surface area (Å²) in [6.45, 7) is 1.26. The number of nitrogen functional groups attached to an aromatic ring is 1. The van der Waals surface area contributed by atoms with E-state index in [0.717, 1.165) is 6.07 Å². The molecule has 0 radical (unpaired) electrons. The molecular weight excluding hydrogens is 489 g/mol. The summed E-state index contributed by atoms with van der Waals surface area (Å²) in [5.74, 6) is -0.931. The molecule has 0 saturated carbocycles. The third-order valence-electron chi connectivity index (χ3n) is 5.20. The largest absolute Gasteiger partial charge is 0.416 e. The van der Waals surface area contributed by atoms with Gasteiger partial charge in [0.05, 0.1) is 16.2 Å². The first-order valence-electron chi connectivity index (χ1n) is 10.2. The lowest BCUT2D eigenvalue weighted by atomic mass is 9.96. The van der Waals surface area contributed by atoms with Gasteiger partial charge < -0.3 is 11.1 Å². The number of nitrogens with two attached hydrogens (primary N) is 1. The van der Waals surface area contributed by atoms with Gasteiger partial charge in [-0.25, -0.2) is 8.42 Å². The van der Waals surface area contributed by atoms with Gasteiger partial charge in [-0.1, -0.05) is 36.7 Å². The van der Waals surface area contributed by atoms with Crippen molar-refractivity contribution in [2.45, 2.75) is 31.0 Å². The Morgan fingerprint density at radius 3 is 2.41 bits per heavy atom. The van der Waals surface area contributed by atoms with Crippen molar-refractivity contribution in [2.24, 2.45) is 0 Å². The third kappa shape index (κ3) is 6.09. The molecule has 0 aliphatic rings. The van der Waals surface area contributed by atoms with Crippen molar-refractivity contribution < 1.29 is 26.4 Å². The molecule has 0 fully saturated rings. The van der Waals surface area contributed by atoms with Crippen LogP contribution in [0.1, 0.15) is 39.5 Å². The second kappa shape index (κ2) is 10.1. The maximum atomic E-state index is 13.8. The molecular formula is C24H22ClF3N2O3S. The van der Waals surface area contributed by atoms with Crippen LogP contribution in [0.4, 0.5) is 18.9 Å². The van der Waals surface area contributed by atoms with Crippen molar-refractivity contribution in [1.82, 2.24) is 5.32 Å². The van der Waals surface area contributed by atoms with E-state index in [-0.39, 0.29) is 45.3 Å². The van der Waals surface area contributed by atoms with Crippen molar-refractivity contribution in [3.63, 3.8) is 0 Å². The van der Waals surface area contributed by atoms with Crippen molar-refractivity contribution in [1.29, 1.82) is 0 Å². The number of sulfone groups is 1. The number of hydrogen-bond acceptors (Lipinski definition) is 4. The predicted octanol–water partition coefficient (Wildman–Crippen LogP) is 5.26. The zero-order valence-electron chi connectivity index (χ0n) is 18.1. The fourth-order valence-electron chi connectivity index (χ4n) is 3.48. The minimum Gasteiger partial charge on any atom is -0.399 e. The van der Waals surface area contributed by atoms with Gasteiger partial charge in [-0.2, -0.15) is 13.2 Å². The van der Waals surface area contributed by atoms with Crippen LogP contribution in [0, 0.1) is 0 Å². The second-order valence-electron chi connectivity index (χ2n) is 7.63. The number of carbonyl (C=O) groups excluding carboxylic acids is 1. The highest BCUT2D eigenvalue weighted by atomic mass is 35.5. The minimum absolute atomic E-state index is 0.000756. The molecule has 0 aliphatic heterocycles. The molecule has 0 unspecified atom stereocenters. The molecule has 0 saturated heterocycles. The topological polar surface area (TPSA) is 89.3 Å². The first-order valence-corrected chi connectivity index (χ1v) is 12.3. The zero-order chi connectivity index (χ0) is 25.1. The summed E-state index contributed by atoms with van der Waals surface area (Å²) < 4.78 is 65.9. The molecule has 0 heterocycles. The number of hydrogen-bond donors (Lipinski definition) is 2. The van der Waals surface area contributed by atoms with Gasteiger partial charge in [0.2, 0.25) is 0 Å². The van der Waals surface area contributed by atoms with Gasteiger partial charge in [0, 0.05) is 22.8 Å². The fraction of sp³-hybridized carbons (Fsp3) is 0.208. The van der Waals surface area contributed by atoms with Crippen LogP contribution in [0.5, 0.6) is 0 Å². The van der Waals surface area contributed by atoms with Crippen LogP contribution in [0.25, 0.3) is 0 Å². The van der Waals surface area contributed by atoms with E-state index in [0.29, 0.717) is 11.3 Å². The number of carbonyl (C=O) groups is 1. The highest BCUT2D eigenvalue weighted by Gasteiger charge is 2.34. The Morgan fingerprint density at radius 2 is 1.76 bits per heavy atom. The summed E-state index contributed by atoms with van der Waals surface area (Å²) in [6.07, 6.45) is -4.69. The SMILES string of the molecule is CCS(=O)(=O)c1ccc(Cl)cc1CNC(=O)c1ccc(Cc2cccc(N)c2)c(C(F)(F)F)c1. The fourth-order valence-corrected chi connectivity index (χ4v) is 4.79. The van der Waals surface area contributed by atoms with Crippen molar-refractivity contribution in [3.8, 4) is 0 Å². The summed E-state index contributed by atoms with van der Waals surface area (Å²) in [6, 6.07) is 14.1. The first-order chi connectivity index (χ1) is 15.9. The molecule has 0 spiro atoms. The lowest BCUT2D eigenvalue weighted by molar-refractivity contribution is -0.138. The summed E-state index contributed by atoms with van der Waals surface area (Å²) in [5.41, 5.74) is 5.87. The van der Waals surface area contributed by atoms with Gasteiger partial charge in [0.15, 0.2) is 9.84 Å². The van der Waals surface area contributed by atoms with Crippen LogP contribution in [0.15, 0.2) is 65.6 Å². The molecule has 0 bridgehead atoms. The Bertz CT molecular complexity index is 1330. The van der Waals surface area contributed by atoms with E-state index < -0.39 is 27.5 Å². The number of nitrogens with one attached hydrogen (secondary N) is 1. The van der Waals surface area contributed by atoms with Crippen molar-refractivity contribution in [2.75, 3.05) is 11.5 Å². The molecule has 34 heavy (non-hydrogen) atoms. The van der Waals surface area contributed by atoms with Crippen molar-refractivity contribution in [3.05, 3.63) is 93.5 Å². The number of rotatable bonds is 7. The quantitative estimate of drug-likeness (QED) is 0.424. The van der Waals surface area contributed by atoms with E-state index >= 15 is 0 Å². The van der Waals surface area contributed by atoms with Gasteiger partial charge in [0.1, 0.15) is 0 Å². The Morgan fingerprint density at radius 1 is 1.03 bits per heavy atom. The van der Waals surface area contributed by atoms with Gasteiger partial charge in [-0.3, -0.25) is 4.79 Å².